The van der Waals surface area contributed by atoms with Gasteiger partial charge in [-0.05, 0) is 26.7 Å². The monoisotopic (exact) mass is 231 g/mol. The lowest BCUT2D eigenvalue weighted by atomic mass is 9.92. The molecule has 0 aliphatic carbocycles. The molecule has 0 rings (SSSR count). The number of carbonyl (C=O) groups is 2. The van der Waals surface area contributed by atoms with Gasteiger partial charge in [-0.2, -0.15) is 0 Å². The fraction of sp³-hybridized carbons (Fsp3) is 0.818. The molecule has 1 atom stereocenters. The zero-order valence-electron chi connectivity index (χ0n) is 10.4. The minimum atomic E-state index is -1.05. The lowest BCUT2D eigenvalue weighted by Crippen LogP contribution is -2.56. The molecule has 0 bridgehead atoms. The Bertz CT molecular complexity index is 248. The Kier molecular flexibility index (Phi) is 6.03. The van der Waals surface area contributed by atoms with E-state index in [1.54, 1.807) is 27.7 Å². The van der Waals surface area contributed by atoms with Crippen molar-refractivity contribution in [3.05, 3.63) is 0 Å². The third-order valence-electron chi connectivity index (χ3n) is 2.75. The van der Waals surface area contributed by atoms with E-state index in [9.17, 15) is 9.59 Å². The summed E-state index contributed by atoms with van der Waals surface area (Å²) in [4.78, 5) is 22.6. The summed E-state index contributed by atoms with van der Waals surface area (Å²) < 4.78 is 4.82. The Morgan fingerprint density at radius 3 is 2.12 bits per heavy atom. The molecule has 0 heterocycles. The predicted molar refractivity (Wildman–Crippen MR) is 60.2 cm³/mol. The normalized spacial score (nSPS) is 13.2. The van der Waals surface area contributed by atoms with Crippen molar-refractivity contribution in [3.63, 3.8) is 0 Å². The zero-order chi connectivity index (χ0) is 12.8. The largest absolute Gasteiger partial charge is 0.480 e. The van der Waals surface area contributed by atoms with Gasteiger partial charge in [0.1, 0.15) is 11.6 Å². The first kappa shape index (κ1) is 14.9. The number of carboxylic acids is 1. The first-order chi connectivity index (χ1) is 7.43. The second-order valence-electron chi connectivity index (χ2n) is 3.71. The number of nitrogens with one attached hydrogen (secondary N) is 1. The van der Waals surface area contributed by atoms with Crippen molar-refractivity contribution in [2.24, 2.45) is 0 Å². The number of aliphatic carboxylic acids is 1. The molecule has 0 fully saturated rings. The highest BCUT2D eigenvalue weighted by atomic mass is 16.5. The smallest absolute Gasteiger partial charge is 0.323 e. The summed E-state index contributed by atoms with van der Waals surface area (Å²) in [7, 11) is 0. The number of esters is 1. The fourth-order valence-corrected chi connectivity index (χ4v) is 1.56. The maximum atomic E-state index is 11.4. The van der Waals surface area contributed by atoms with Crippen LogP contribution in [0.2, 0.25) is 0 Å². The second kappa shape index (κ2) is 6.48. The molecule has 16 heavy (non-hydrogen) atoms. The average Bonchev–Trinajstić information content (AvgIpc) is 2.25. The predicted octanol–water partition coefficient (Wildman–Crippen LogP) is 1.17. The third kappa shape index (κ3) is 3.48. The number of hydrogen-bond acceptors (Lipinski definition) is 4. The molecule has 0 saturated heterocycles. The van der Waals surface area contributed by atoms with Gasteiger partial charge in [-0.25, -0.2) is 0 Å². The van der Waals surface area contributed by atoms with Crippen molar-refractivity contribution in [1.29, 1.82) is 0 Å². The van der Waals surface area contributed by atoms with E-state index < -0.39 is 23.5 Å². The molecule has 0 aromatic heterocycles. The lowest BCUT2D eigenvalue weighted by Gasteiger charge is -2.30. The summed E-state index contributed by atoms with van der Waals surface area (Å²) >= 11 is 0. The van der Waals surface area contributed by atoms with Crippen molar-refractivity contribution in [1.82, 2.24) is 5.32 Å². The van der Waals surface area contributed by atoms with Gasteiger partial charge in [0.2, 0.25) is 0 Å². The van der Waals surface area contributed by atoms with Crippen LogP contribution < -0.4 is 5.32 Å². The summed E-state index contributed by atoms with van der Waals surface area (Å²) in [6.45, 7) is 7.18. The van der Waals surface area contributed by atoms with E-state index in [2.05, 4.69) is 5.32 Å². The van der Waals surface area contributed by atoms with Gasteiger partial charge in [-0.3, -0.25) is 14.9 Å². The van der Waals surface area contributed by atoms with E-state index in [0.29, 0.717) is 19.4 Å². The van der Waals surface area contributed by atoms with Crippen LogP contribution in [0.1, 0.15) is 40.5 Å². The van der Waals surface area contributed by atoms with Crippen molar-refractivity contribution in [3.8, 4) is 0 Å². The molecule has 0 spiro atoms. The van der Waals surface area contributed by atoms with Crippen molar-refractivity contribution in [2.75, 3.05) is 6.61 Å². The number of hydrogen-bond donors (Lipinski definition) is 2. The first-order valence-corrected chi connectivity index (χ1v) is 5.61. The van der Waals surface area contributed by atoms with Crippen LogP contribution in [0.15, 0.2) is 0 Å². The standard InChI is InChI=1S/C11H21NO4/c1-5-11(6-2,10(14)15)12-8(4)9(13)16-7-3/h8,12H,5-7H2,1-4H3,(H,14,15). The summed E-state index contributed by atoms with van der Waals surface area (Å²) in [5.74, 6) is -1.36. The van der Waals surface area contributed by atoms with Crippen LogP contribution in [0.25, 0.3) is 0 Å². The third-order valence-corrected chi connectivity index (χ3v) is 2.75. The van der Waals surface area contributed by atoms with Crippen LogP contribution >= 0.6 is 0 Å². The van der Waals surface area contributed by atoms with Crippen LogP contribution in [-0.4, -0.2) is 35.2 Å². The van der Waals surface area contributed by atoms with Crippen molar-refractivity contribution in [2.45, 2.75) is 52.1 Å². The van der Waals surface area contributed by atoms with Crippen molar-refractivity contribution < 1.29 is 19.4 Å². The molecule has 0 amide bonds. The van der Waals surface area contributed by atoms with Crippen molar-refractivity contribution >= 4 is 11.9 Å². The van der Waals surface area contributed by atoms with Crippen LogP contribution in [0.5, 0.6) is 0 Å². The van der Waals surface area contributed by atoms with E-state index in [-0.39, 0.29) is 0 Å². The highest BCUT2D eigenvalue weighted by Gasteiger charge is 2.37. The van der Waals surface area contributed by atoms with Crippen LogP contribution in [0.3, 0.4) is 0 Å². The first-order valence-electron chi connectivity index (χ1n) is 5.61. The zero-order valence-corrected chi connectivity index (χ0v) is 10.4. The minimum Gasteiger partial charge on any atom is -0.480 e. The number of ether oxygens (including phenoxy) is 1. The lowest BCUT2D eigenvalue weighted by molar-refractivity contribution is -0.149. The Balaban J connectivity index is 4.63. The average molecular weight is 231 g/mol. The van der Waals surface area contributed by atoms with E-state index in [4.69, 9.17) is 9.84 Å². The summed E-state index contributed by atoms with van der Waals surface area (Å²) in [6, 6.07) is -0.615. The van der Waals surface area contributed by atoms with Gasteiger partial charge in [0.15, 0.2) is 0 Å². The molecule has 0 aromatic rings. The van der Waals surface area contributed by atoms with E-state index in [1.807, 2.05) is 0 Å². The fourth-order valence-electron chi connectivity index (χ4n) is 1.56. The second-order valence-corrected chi connectivity index (χ2v) is 3.71. The summed E-state index contributed by atoms with van der Waals surface area (Å²) in [5.41, 5.74) is -1.05. The Labute approximate surface area is 96.2 Å². The molecule has 94 valence electrons. The molecule has 0 aliphatic rings. The van der Waals surface area contributed by atoms with Crippen LogP contribution in [0.4, 0.5) is 0 Å². The number of carboxylic acid groups (broad SMARTS) is 1. The van der Waals surface area contributed by atoms with Gasteiger partial charge in [-0.15, -0.1) is 0 Å². The van der Waals surface area contributed by atoms with Gasteiger partial charge in [0, 0.05) is 0 Å². The maximum absolute atomic E-state index is 11.4. The number of rotatable bonds is 7. The van der Waals surface area contributed by atoms with E-state index in [0.717, 1.165) is 0 Å². The molecule has 0 saturated carbocycles. The molecule has 0 aromatic carbocycles. The highest BCUT2D eigenvalue weighted by molar-refractivity contribution is 5.81. The minimum absolute atomic E-state index is 0.295. The summed E-state index contributed by atoms with van der Waals surface area (Å²) in [6.07, 6.45) is 0.838. The van der Waals surface area contributed by atoms with E-state index >= 15 is 0 Å². The van der Waals surface area contributed by atoms with Gasteiger partial charge in [-0.1, -0.05) is 13.8 Å². The topological polar surface area (TPSA) is 75.6 Å². The molecule has 2 N–H and O–H groups in total. The number of carbonyl (C=O) groups excluding carboxylic acids is 1. The van der Waals surface area contributed by atoms with Gasteiger partial charge in [0.25, 0.3) is 0 Å². The van der Waals surface area contributed by atoms with Crippen LogP contribution in [-0.2, 0) is 14.3 Å². The Morgan fingerprint density at radius 2 is 1.81 bits per heavy atom. The molecule has 5 heteroatoms. The summed E-state index contributed by atoms with van der Waals surface area (Å²) in [5, 5.41) is 12.0. The van der Waals surface area contributed by atoms with Gasteiger partial charge >= 0.3 is 11.9 Å². The highest BCUT2D eigenvalue weighted by Crippen LogP contribution is 2.16. The molecule has 1 unspecified atom stereocenters. The maximum Gasteiger partial charge on any atom is 0.323 e. The van der Waals surface area contributed by atoms with Gasteiger partial charge < -0.3 is 9.84 Å². The van der Waals surface area contributed by atoms with Gasteiger partial charge in [0.05, 0.1) is 6.61 Å². The quantitative estimate of drug-likeness (QED) is 0.643. The molecular weight excluding hydrogens is 210 g/mol. The Morgan fingerprint density at radius 1 is 1.31 bits per heavy atom. The van der Waals surface area contributed by atoms with Crippen LogP contribution in [0, 0.1) is 0 Å². The van der Waals surface area contributed by atoms with E-state index in [1.165, 1.54) is 0 Å². The molecule has 5 nitrogen and oxygen atoms in total. The Hall–Kier alpha value is -1.10. The molecular formula is C11H21NO4. The molecule has 0 radical (unpaired) electrons. The molecule has 0 aliphatic heterocycles. The SMILES string of the molecule is CCOC(=O)C(C)NC(CC)(CC)C(=O)O.